The van der Waals surface area contributed by atoms with E-state index < -0.39 is 6.85 Å². The molecule has 0 amide bonds. The molecule has 4 nitrogen and oxygen atoms in total. The third-order valence-corrected chi connectivity index (χ3v) is 9.28. The molecule has 5 heteroatoms. The van der Waals surface area contributed by atoms with Crippen LogP contribution in [0.4, 0.5) is 0 Å². The van der Waals surface area contributed by atoms with E-state index in [0.717, 1.165) is 55.7 Å². The van der Waals surface area contributed by atoms with Crippen LogP contribution in [0.5, 0.6) is 5.75 Å². The van der Waals surface area contributed by atoms with Crippen LogP contribution in [0.25, 0.3) is 72.7 Å². The number of nitrogens with zero attached hydrogens (tertiary/aromatic N) is 3. The second kappa shape index (κ2) is 14.2. The molecule has 0 saturated carbocycles. The molecule has 1 N–H and O–H groups in total. The zero-order valence-electron chi connectivity index (χ0n) is 32.0. The smallest absolute Gasteiger partial charge is 0.148 e. The van der Waals surface area contributed by atoms with Gasteiger partial charge in [-0.2, -0.15) is 0 Å². The van der Waals surface area contributed by atoms with Gasteiger partial charge in [0.25, 0.3) is 0 Å². The molecule has 0 aliphatic rings. The number of para-hydroxylation sites is 2. The number of fused-ring (bicyclic) bond motifs is 1. The predicted molar refractivity (Wildman–Crippen MR) is 210 cm³/mol. The Hall–Kier alpha value is -5.57. The third-order valence-electron chi connectivity index (χ3n) is 9.28. The Morgan fingerprint density at radius 1 is 0.654 bits per heavy atom. The summed E-state index contributed by atoms with van der Waals surface area (Å²) < 4.78 is 27.1. The van der Waals surface area contributed by atoms with E-state index in [1.54, 1.807) is 24.3 Å². The number of pyridine rings is 1. The minimum Gasteiger partial charge on any atom is -0.507 e. The Labute approximate surface area is 324 Å². The van der Waals surface area contributed by atoms with Gasteiger partial charge in [-0.1, -0.05) is 129 Å². The van der Waals surface area contributed by atoms with Crippen LogP contribution in [-0.2, 0) is 26.5 Å². The van der Waals surface area contributed by atoms with Crippen molar-refractivity contribution >= 4 is 11.0 Å². The summed E-state index contributed by atoms with van der Waals surface area (Å²) >= 11 is 0. The fraction of sp³-hybridized carbons (Fsp3) is 0.106. The van der Waals surface area contributed by atoms with E-state index in [1.165, 1.54) is 0 Å². The van der Waals surface area contributed by atoms with Crippen molar-refractivity contribution in [3.63, 3.8) is 0 Å². The van der Waals surface area contributed by atoms with Crippen molar-refractivity contribution < 1.29 is 30.3 Å². The average Bonchev–Trinajstić information content (AvgIpc) is 3.57. The van der Waals surface area contributed by atoms with Crippen molar-refractivity contribution in [2.75, 3.05) is 0 Å². The van der Waals surface area contributed by atoms with Crippen LogP contribution in [0.1, 0.15) is 36.0 Å². The Morgan fingerprint density at radius 3 is 2.04 bits per heavy atom. The van der Waals surface area contributed by atoms with Gasteiger partial charge in [0.05, 0.1) is 16.6 Å². The van der Waals surface area contributed by atoms with E-state index in [4.69, 9.17) is 14.1 Å². The first-order valence-corrected chi connectivity index (χ1v) is 17.1. The number of aromatic hydroxyl groups is 1. The summed E-state index contributed by atoms with van der Waals surface area (Å²) in [7, 11) is 0. The Bertz CT molecular complexity index is 2650. The molecule has 258 valence electrons. The van der Waals surface area contributed by atoms with E-state index in [-0.39, 0.29) is 37.8 Å². The third kappa shape index (κ3) is 6.75. The van der Waals surface area contributed by atoms with E-state index in [9.17, 15) is 5.11 Å². The first kappa shape index (κ1) is 31.2. The quantitative estimate of drug-likeness (QED) is 0.170. The molecule has 8 rings (SSSR count). The van der Waals surface area contributed by atoms with Crippen LogP contribution in [0, 0.1) is 12.9 Å². The number of hydrogen-bond donors (Lipinski definition) is 1. The van der Waals surface area contributed by atoms with Crippen molar-refractivity contribution in [1.82, 2.24) is 14.5 Å². The zero-order chi connectivity index (χ0) is 37.6. The van der Waals surface area contributed by atoms with Gasteiger partial charge in [-0.3, -0.25) is 9.55 Å². The summed E-state index contributed by atoms with van der Waals surface area (Å²) in [6.07, 6.45) is 1.84. The van der Waals surface area contributed by atoms with Crippen molar-refractivity contribution in [2.45, 2.75) is 33.0 Å². The van der Waals surface area contributed by atoms with Gasteiger partial charge in [0.15, 0.2) is 0 Å². The van der Waals surface area contributed by atoms with Crippen molar-refractivity contribution in [2.24, 2.45) is 0 Å². The van der Waals surface area contributed by atoms with Crippen molar-refractivity contribution in [1.29, 1.82) is 0 Å². The molecule has 52 heavy (non-hydrogen) atoms. The van der Waals surface area contributed by atoms with Gasteiger partial charge in [0.1, 0.15) is 11.6 Å². The number of aryl methyl sites for hydroxylation is 1. The largest absolute Gasteiger partial charge is 0.507 e. The average molecular weight is 859 g/mol. The molecule has 0 aliphatic heterocycles. The topological polar surface area (TPSA) is 50.9 Å². The fourth-order valence-corrected chi connectivity index (χ4v) is 6.63. The second-order valence-corrected chi connectivity index (χ2v) is 13.8. The normalized spacial score (nSPS) is 12.5. The number of phenolic OH excluding ortho intramolecular Hbond substituents is 1. The van der Waals surface area contributed by atoms with Crippen LogP contribution < -0.4 is 0 Å². The van der Waals surface area contributed by atoms with E-state index in [0.29, 0.717) is 22.6 Å². The first-order valence-electron chi connectivity index (χ1n) is 18.6. The number of phenols is 1. The summed E-state index contributed by atoms with van der Waals surface area (Å²) in [4.78, 5) is 10.1. The number of rotatable bonds is 6. The first-order chi connectivity index (χ1) is 25.9. The van der Waals surface area contributed by atoms with Crippen molar-refractivity contribution in [3.05, 3.63) is 169 Å². The molecule has 0 radical (unpaired) electrons. The minimum atomic E-state index is -2.36. The standard InChI is InChI=1S/C47H38N3O.Pt/c1-31-24-35(33-16-9-6-10-17-33)29-39(25-31)50-43-20-13-19-40(45(43)49-46(50)41-18-11-12-21-44(41)51)36-26-37(28-38(27-36)47(2,3)4)42-30-34(22-23-48-42)32-14-7-5-8-15-32;/h5-25,27-30,51H,1-4H3;/q-1;/i1D3;. The molecular weight excluding hydrogens is 818 g/mol. The summed E-state index contributed by atoms with van der Waals surface area (Å²) in [6, 6.07) is 50.7. The van der Waals surface area contributed by atoms with Crippen LogP contribution >= 0.6 is 0 Å². The number of hydrogen-bond acceptors (Lipinski definition) is 3. The molecule has 0 aliphatic carbocycles. The summed E-state index contributed by atoms with van der Waals surface area (Å²) in [6.45, 7) is 4.22. The van der Waals surface area contributed by atoms with Gasteiger partial charge in [-0.15, -0.1) is 29.3 Å². The number of aromatic nitrogens is 3. The van der Waals surface area contributed by atoms with Crippen molar-refractivity contribution in [3.8, 4) is 67.5 Å². The van der Waals surface area contributed by atoms with E-state index in [1.807, 2.05) is 102 Å². The molecule has 6 aromatic carbocycles. The van der Waals surface area contributed by atoms with Gasteiger partial charge < -0.3 is 5.11 Å². The summed E-state index contributed by atoms with van der Waals surface area (Å²) in [5.74, 6) is 0.556. The predicted octanol–water partition coefficient (Wildman–Crippen LogP) is 11.9. The molecule has 0 atom stereocenters. The second-order valence-electron chi connectivity index (χ2n) is 13.8. The monoisotopic (exact) mass is 858 g/mol. The summed E-state index contributed by atoms with van der Waals surface area (Å²) in [5, 5.41) is 11.2. The minimum absolute atomic E-state index is 0. The molecule has 0 fully saturated rings. The Balaban J connectivity index is 0.00000465. The summed E-state index contributed by atoms with van der Waals surface area (Å²) in [5.41, 5.74) is 11.0. The number of imidazole rings is 1. The maximum absolute atomic E-state index is 11.2. The van der Waals surface area contributed by atoms with Crippen LogP contribution in [0.3, 0.4) is 0 Å². The Morgan fingerprint density at radius 2 is 1.33 bits per heavy atom. The van der Waals surface area contributed by atoms with Crippen LogP contribution in [0.15, 0.2) is 152 Å². The molecule has 2 aromatic heterocycles. The maximum atomic E-state index is 11.2. The van der Waals surface area contributed by atoms with Gasteiger partial charge in [0.2, 0.25) is 0 Å². The van der Waals surface area contributed by atoms with E-state index in [2.05, 4.69) is 57.2 Å². The number of benzene rings is 6. The van der Waals surface area contributed by atoms with Gasteiger partial charge in [-0.05, 0) is 76.5 Å². The van der Waals surface area contributed by atoms with Crippen LogP contribution in [0.2, 0.25) is 0 Å². The molecule has 8 aromatic rings. The van der Waals surface area contributed by atoms with E-state index >= 15 is 0 Å². The molecule has 0 spiro atoms. The molecule has 2 heterocycles. The Kier molecular flexibility index (Phi) is 8.52. The van der Waals surface area contributed by atoms with Gasteiger partial charge in [-0.25, -0.2) is 4.98 Å². The van der Waals surface area contributed by atoms with Gasteiger partial charge >= 0.3 is 0 Å². The molecule has 0 bridgehead atoms. The fourth-order valence-electron chi connectivity index (χ4n) is 6.63. The molecule has 0 unspecified atom stereocenters. The SMILES string of the molecule is [2H]C([2H])([2H])c1cc(-c2ccccc2)cc(-n2c(-c3ccccc3O)nc3c(-c4[c-]c(-c5cc(-c6ccccc6)ccn5)cc(C(C)(C)C)c4)cccc32)c1.[Pt]. The molecular formula is C47H38N3OPt-. The van der Waals surface area contributed by atoms with Crippen LogP contribution in [-0.4, -0.2) is 19.6 Å². The zero-order valence-corrected chi connectivity index (χ0v) is 31.3. The van der Waals surface area contributed by atoms with Gasteiger partial charge in [0, 0.05) is 42.8 Å². The molecule has 0 saturated heterocycles. The maximum Gasteiger partial charge on any atom is 0.148 e.